The molecule has 4 nitrogen and oxygen atoms in total. The highest BCUT2D eigenvalue weighted by molar-refractivity contribution is 6.35. The molecule has 0 amide bonds. The smallest absolute Gasteiger partial charge is 0.114 e. The lowest BCUT2D eigenvalue weighted by atomic mass is 9.99. The van der Waals surface area contributed by atoms with Crippen molar-refractivity contribution in [1.29, 1.82) is 0 Å². The topological polar surface area (TPSA) is 39.1 Å². The summed E-state index contributed by atoms with van der Waals surface area (Å²) < 4.78 is 7.49. The lowest BCUT2D eigenvalue weighted by Crippen LogP contribution is -2.30. The van der Waals surface area contributed by atoms with E-state index in [0.29, 0.717) is 5.92 Å². The van der Waals surface area contributed by atoms with Gasteiger partial charge in [-0.05, 0) is 37.9 Å². The zero-order chi connectivity index (χ0) is 14.7. The predicted molar refractivity (Wildman–Crippen MR) is 86.1 cm³/mol. The van der Waals surface area contributed by atoms with Crippen molar-refractivity contribution in [2.45, 2.75) is 31.7 Å². The van der Waals surface area contributed by atoms with Crippen LogP contribution in [0.4, 0.5) is 0 Å². The molecule has 5 heteroatoms. The number of imidazole rings is 1. The molecular formula is C16H22ClN3O. The Morgan fingerprint density at radius 2 is 2.38 bits per heavy atom. The Bertz CT molecular complexity index is 605. The van der Waals surface area contributed by atoms with Gasteiger partial charge in [-0.15, -0.1) is 0 Å². The summed E-state index contributed by atoms with van der Waals surface area (Å²) in [4.78, 5) is 4.87. The number of aryl methyl sites for hydroxylation is 1. The van der Waals surface area contributed by atoms with E-state index in [1.807, 2.05) is 18.2 Å². The van der Waals surface area contributed by atoms with Crippen LogP contribution < -0.4 is 5.32 Å². The molecule has 1 aromatic heterocycles. The van der Waals surface area contributed by atoms with Gasteiger partial charge in [-0.1, -0.05) is 17.7 Å². The van der Waals surface area contributed by atoms with Gasteiger partial charge in [0.1, 0.15) is 5.82 Å². The summed E-state index contributed by atoms with van der Waals surface area (Å²) in [6.45, 7) is 3.78. The average Bonchev–Trinajstić information content (AvgIpc) is 2.89. The van der Waals surface area contributed by atoms with Crippen molar-refractivity contribution in [2.75, 3.05) is 26.8 Å². The first-order valence-electron chi connectivity index (χ1n) is 7.65. The van der Waals surface area contributed by atoms with Crippen molar-refractivity contribution in [3.05, 3.63) is 29.0 Å². The summed E-state index contributed by atoms with van der Waals surface area (Å²) >= 11 is 6.42. The molecule has 3 rings (SSSR count). The molecule has 0 spiro atoms. The molecule has 0 bridgehead atoms. The lowest BCUT2D eigenvalue weighted by Gasteiger charge is -2.23. The largest absolute Gasteiger partial charge is 0.385 e. The Morgan fingerprint density at radius 3 is 3.14 bits per heavy atom. The number of benzene rings is 1. The van der Waals surface area contributed by atoms with E-state index in [1.54, 1.807) is 7.11 Å². The van der Waals surface area contributed by atoms with Crippen LogP contribution in [0, 0.1) is 0 Å². The van der Waals surface area contributed by atoms with E-state index in [-0.39, 0.29) is 0 Å². The number of hydrogen-bond donors (Lipinski definition) is 1. The molecule has 0 radical (unpaired) electrons. The normalized spacial score (nSPS) is 19.2. The number of piperidine rings is 1. The minimum absolute atomic E-state index is 0.477. The van der Waals surface area contributed by atoms with Crippen LogP contribution in [-0.4, -0.2) is 36.4 Å². The monoisotopic (exact) mass is 307 g/mol. The summed E-state index contributed by atoms with van der Waals surface area (Å²) in [5.41, 5.74) is 2.07. The van der Waals surface area contributed by atoms with Crippen molar-refractivity contribution in [3.63, 3.8) is 0 Å². The molecule has 1 atom stereocenters. The standard InChI is InChI=1S/C16H22ClN3O/c1-21-10-4-9-20-15-13(17)6-2-7-14(15)19-16(20)12-5-3-8-18-11-12/h2,6-7,12,18H,3-5,8-11H2,1H3/t12-/m1/s1. The van der Waals surface area contributed by atoms with Crippen LogP contribution in [-0.2, 0) is 11.3 Å². The van der Waals surface area contributed by atoms with Gasteiger partial charge in [-0.2, -0.15) is 0 Å². The van der Waals surface area contributed by atoms with Gasteiger partial charge in [0.15, 0.2) is 0 Å². The Labute approximate surface area is 130 Å². The van der Waals surface area contributed by atoms with Crippen molar-refractivity contribution in [1.82, 2.24) is 14.9 Å². The van der Waals surface area contributed by atoms with E-state index in [4.69, 9.17) is 21.3 Å². The fraction of sp³-hybridized carbons (Fsp3) is 0.562. The molecule has 1 N–H and O–H groups in total. The molecule has 1 saturated heterocycles. The number of nitrogens with one attached hydrogen (secondary N) is 1. The van der Waals surface area contributed by atoms with Gasteiger partial charge < -0.3 is 14.6 Å². The van der Waals surface area contributed by atoms with E-state index in [0.717, 1.165) is 48.7 Å². The van der Waals surface area contributed by atoms with E-state index < -0.39 is 0 Å². The molecule has 1 aliphatic rings. The molecule has 0 saturated carbocycles. The number of rotatable bonds is 5. The van der Waals surface area contributed by atoms with Gasteiger partial charge in [0.05, 0.1) is 16.1 Å². The fourth-order valence-electron chi connectivity index (χ4n) is 3.14. The van der Waals surface area contributed by atoms with Crippen LogP contribution in [0.5, 0.6) is 0 Å². The number of fused-ring (bicyclic) bond motifs is 1. The lowest BCUT2D eigenvalue weighted by molar-refractivity contribution is 0.190. The number of ether oxygens (including phenoxy) is 1. The molecule has 1 aromatic carbocycles. The van der Waals surface area contributed by atoms with E-state index >= 15 is 0 Å². The summed E-state index contributed by atoms with van der Waals surface area (Å²) in [6, 6.07) is 5.97. The first-order valence-corrected chi connectivity index (χ1v) is 8.03. The molecular weight excluding hydrogens is 286 g/mol. The molecule has 1 aliphatic heterocycles. The minimum Gasteiger partial charge on any atom is -0.385 e. The van der Waals surface area contributed by atoms with Gasteiger partial charge in [0, 0.05) is 32.7 Å². The third-order valence-corrected chi connectivity index (χ3v) is 4.44. The van der Waals surface area contributed by atoms with Gasteiger partial charge in [0.25, 0.3) is 0 Å². The maximum Gasteiger partial charge on any atom is 0.114 e. The van der Waals surface area contributed by atoms with E-state index in [2.05, 4.69) is 9.88 Å². The highest BCUT2D eigenvalue weighted by Gasteiger charge is 2.23. The number of para-hydroxylation sites is 1. The zero-order valence-electron chi connectivity index (χ0n) is 12.4. The van der Waals surface area contributed by atoms with Crippen molar-refractivity contribution in [2.24, 2.45) is 0 Å². The van der Waals surface area contributed by atoms with E-state index in [1.165, 1.54) is 18.7 Å². The Kier molecular flexibility index (Phi) is 4.78. The highest BCUT2D eigenvalue weighted by atomic mass is 35.5. The first-order chi connectivity index (χ1) is 10.3. The fourth-order valence-corrected chi connectivity index (χ4v) is 3.41. The van der Waals surface area contributed by atoms with Crippen LogP contribution in [0.25, 0.3) is 11.0 Å². The van der Waals surface area contributed by atoms with Gasteiger partial charge in [-0.3, -0.25) is 0 Å². The maximum absolute atomic E-state index is 6.42. The Balaban J connectivity index is 2.00. The number of aromatic nitrogens is 2. The third-order valence-electron chi connectivity index (χ3n) is 4.14. The van der Waals surface area contributed by atoms with Gasteiger partial charge >= 0.3 is 0 Å². The Hall–Kier alpha value is -1.10. The van der Waals surface area contributed by atoms with Gasteiger partial charge in [0.2, 0.25) is 0 Å². The van der Waals surface area contributed by atoms with Crippen LogP contribution in [0.3, 0.4) is 0 Å². The predicted octanol–water partition coefficient (Wildman–Crippen LogP) is 3.19. The zero-order valence-corrected chi connectivity index (χ0v) is 13.2. The molecule has 0 aliphatic carbocycles. The molecule has 21 heavy (non-hydrogen) atoms. The third kappa shape index (κ3) is 3.07. The van der Waals surface area contributed by atoms with Crippen molar-refractivity contribution < 1.29 is 4.74 Å². The summed E-state index contributed by atoms with van der Waals surface area (Å²) in [5.74, 6) is 1.64. The molecule has 2 heterocycles. The number of nitrogens with zero attached hydrogens (tertiary/aromatic N) is 2. The average molecular weight is 308 g/mol. The first kappa shape index (κ1) is 14.8. The van der Waals surface area contributed by atoms with Crippen molar-refractivity contribution >= 4 is 22.6 Å². The summed E-state index contributed by atoms with van der Waals surface area (Å²) in [5, 5.41) is 4.26. The second-order valence-corrected chi connectivity index (χ2v) is 6.03. The van der Waals surface area contributed by atoms with Crippen LogP contribution in [0.15, 0.2) is 18.2 Å². The second kappa shape index (κ2) is 6.77. The number of methoxy groups -OCH3 is 1. The summed E-state index contributed by atoms with van der Waals surface area (Å²) in [6.07, 6.45) is 3.37. The van der Waals surface area contributed by atoms with Crippen LogP contribution in [0.2, 0.25) is 5.02 Å². The Morgan fingerprint density at radius 1 is 1.48 bits per heavy atom. The minimum atomic E-state index is 0.477. The quantitative estimate of drug-likeness (QED) is 0.862. The molecule has 1 fully saturated rings. The molecule has 114 valence electrons. The molecule has 0 unspecified atom stereocenters. The SMILES string of the molecule is COCCCn1c([C@@H]2CCCNC2)nc2cccc(Cl)c21. The highest BCUT2D eigenvalue weighted by Crippen LogP contribution is 2.30. The van der Waals surface area contributed by atoms with Crippen LogP contribution in [0.1, 0.15) is 31.0 Å². The van der Waals surface area contributed by atoms with Crippen LogP contribution >= 0.6 is 11.6 Å². The summed E-state index contributed by atoms with van der Waals surface area (Å²) in [7, 11) is 1.74. The van der Waals surface area contributed by atoms with Gasteiger partial charge in [-0.25, -0.2) is 4.98 Å². The van der Waals surface area contributed by atoms with Crippen molar-refractivity contribution in [3.8, 4) is 0 Å². The maximum atomic E-state index is 6.42. The van der Waals surface area contributed by atoms with E-state index in [9.17, 15) is 0 Å². The molecule has 2 aromatic rings. The number of halogens is 1. The second-order valence-electron chi connectivity index (χ2n) is 5.62. The number of hydrogen-bond acceptors (Lipinski definition) is 3.